The molecule has 0 spiro atoms. The Balaban J connectivity index is 2.80. The first kappa shape index (κ1) is 9.55. The number of anilines is 1. The zero-order valence-corrected chi connectivity index (χ0v) is 7.84. The third-order valence-corrected chi connectivity index (χ3v) is 2.46. The smallest absolute Gasteiger partial charge is 0.347 e. The first-order valence-corrected chi connectivity index (χ1v) is 4.30. The lowest BCUT2D eigenvalue weighted by molar-refractivity contribution is 0.0702. The van der Waals surface area contributed by atoms with Crippen LogP contribution in [0, 0.1) is 12.3 Å². The fraction of sp³-hybridized carbons (Fsp3) is 0.250. The molecule has 5 heteroatoms. The summed E-state index contributed by atoms with van der Waals surface area (Å²) >= 11 is 1.11. The molecule has 1 rings (SSSR count). The zero-order valence-electron chi connectivity index (χ0n) is 7.02. The fourth-order valence-electron chi connectivity index (χ4n) is 0.745. The van der Waals surface area contributed by atoms with Gasteiger partial charge in [-0.3, -0.25) is 0 Å². The van der Waals surface area contributed by atoms with Crippen molar-refractivity contribution in [3.8, 4) is 12.3 Å². The normalized spacial score (nSPS) is 9.23. The quantitative estimate of drug-likeness (QED) is 0.730. The van der Waals surface area contributed by atoms with E-state index in [4.69, 9.17) is 11.5 Å². The van der Waals surface area contributed by atoms with Crippen molar-refractivity contribution in [3.05, 3.63) is 11.1 Å². The number of carboxylic acids is 1. The van der Waals surface area contributed by atoms with E-state index in [1.165, 1.54) is 6.20 Å². The Hall–Kier alpha value is -1.54. The average Bonchev–Trinajstić information content (AvgIpc) is 2.52. The summed E-state index contributed by atoms with van der Waals surface area (Å²) in [6.07, 6.45) is 6.43. The maximum Gasteiger partial charge on any atom is 0.347 e. The number of rotatable bonds is 3. The maximum atomic E-state index is 10.5. The molecular formula is C8H8N2O2S. The SMILES string of the molecule is C#CCN(C)c1ncc(C(=O)O)s1. The van der Waals surface area contributed by atoms with Gasteiger partial charge in [0.15, 0.2) is 5.13 Å². The summed E-state index contributed by atoms with van der Waals surface area (Å²) in [5.74, 6) is 1.49. The monoisotopic (exact) mass is 196 g/mol. The van der Waals surface area contributed by atoms with Crippen LogP contribution in [0.15, 0.2) is 6.20 Å². The third kappa shape index (κ3) is 2.20. The first-order valence-electron chi connectivity index (χ1n) is 3.49. The van der Waals surface area contributed by atoms with Crippen molar-refractivity contribution in [1.29, 1.82) is 0 Å². The van der Waals surface area contributed by atoms with Crippen molar-refractivity contribution in [2.45, 2.75) is 0 Å². The Bertz CT molecular complexity index is 353. The van der Waals surface area contributed by atoms with Gasteiger partial charge in [-0.2, -0.15) is 0 Å². The summed E-state index contributed by atoms with van der Waals surface area (Å²) in [6.45, 7) is 0.423. The predicted molar refractivity (Wildman–Crippen MR) is 51.2 cm³/mol. The van der Waals surface area contributed by atoms with Crippen molar-refractivity contribution in [3.63, 3.8) is 0 Å². The number of thiazole rings is 1. The number of terminal acetylenes is 1. The second kappa shape index (κ2) is 3.92. The van der Waals surface area contributed by atoms with Gasteiger partial charge in [-0.1, -0.05) is 17.3 Å². The Kier molecular flexibility index (Phi) is 2.88. The van der Waals surface area contributed by atoms with Gasteiger partial charge >= 0.3 is 5.97 Å². The van der Waals surface area contributed by atoms with Gasteiger partial charge in [0.2, 0.25) is 0 Å². The summed E-state index contributed by atoms with van der Waals surface area (Å²) in [6, 6.07) is 0. The summed E-state index contributed by atoms with van der Waals surface area (Å²) in [5.41, 5.74) is 0. The molecule has 1 aromatic rings. The summed E-state index contributed by atoms with van der Waals surface area (Å²) in [4.78, 5) is 16.4. The van der Waals surface area contributed by atoms with Crippen LogP contribution >= 0.6 is 11.3 Å². The highest BCUT2D eigenvalue weighted by Crippen LogP contribution is 2.20. The highest BCUT2D eigenvalue weighted by Gasteiger charge is 2.10. The van der Waals surface area contributed by atoms with Crippen LogP contribution < -0.4 is 4.90 Å². The van der Waals surface area contributed by atoms with Gasteiger partial charge < -0.3 is 10.0 Å². The van der Waals surface area contributed by atoms with E-state index in [1.54, 1.807) is 11.9 Å². The van der Waals surface area contributed by atoms with Gasteiger partial charge in [0.05, 0.1) is 12.7 Å². The number of carboxylic acid groups (broad SMARTS) is 1. The second-order valence-electron chi connectivity index (χ2n) is 2.37. The first-order chi connectivity index (χ1) is 6.15. The van der Waals surface area contributed by atoms with E-state index in [0.717, 1.165) is 11.3 Å². The fourth-order valence-corrected chi connectivity index (χ4v) is 1.46. The zero-order chi connectivity index (χ0) is 9.84. The van der Waals surface area contributed by atoms with Crippen molar-refractivity contribution < 1.29 is 9.90 Å². The van der Waals surface area contributed by atoms with Crippen molar-refractivity contribution >= 4 is 22.4 Å². The lowest BCUT2D eigenvalue weighted by Crippen LogP contribution is -2.16. The molecule has 13 heavy (non-hydrogen) atoms. The maximum absolute atomic E-state index is 10.5. The Morgan fingerprint density at radius 2 is 2.62 bits per heavy atom. The van der Waals surface area contributed by atoms with Crippen LogP contribution in [0.3, 0.4) is 0 Å². The molecule has 0 fully saturated rings. The number of hydrogen-bond donors (Lipinski definition) is 1. The van der Waals surface area contributed by atoms with Crippen LogP contribution in [0.1, 0.15) is 9.67 Å². The highest BCUT2D eigenvalue weighted by molar-refractivity contribution is 7.17. The minimum absolute atomic E-state index is 0.221. The summed E-state index contributed by atoms with van der Waals surface area (Å²) in [7, 11) is 1.77. The minimum atomic E-state index is -0.960. The van der Waals surface area contributed by atoms with Gasteiger partial charge in [-0.25, -0.2) is 9.78 Å². The topological polar surface area (TPSA) is 53.4 Å². The molecule has 0 bridgehead atoms. The van der Waals surface area contributed by atoms with E-state index in [0.29, 0.717) is 11.7 Å². The number of nitrogens with zero attached hydrogens (tertiary/aromatic N) is 2. The van der Waals surface area contributed by atoms with E-state index in [9.17, 15) is 4.79 Å². The molecule has 1 aromatic heterocycles. The molecule has 0 aliphatic rings. The van der Waals surface area contributed by atoms with E-state index in [2.05, 4.69) is 10.9 Å². The van der Waals surface area contributed by atoms with Crippen molar-refractivity contribution in [2.24, 2.45) is 0 Å². The predicted octanol–water partition coefficient (Wildman–Crippen LogP) is 0.911. The van der Waals surface area contributed by atoms with Crippen LogP contribution in [0.4, 0.5) is 5.13 Å². The number of carbonyl (C=O) groups is 1. The average molecular weight is 196 g/mol. The van der Waals surface area contributed by atoms with Crippen LogP contribution in [-0.4, -0.2) is 29.7 Å². The van der Waals surface area contributed by atoms with E-state index >= 15 is 0 Å². The van der Waals surface area contributed by atoms with Gasteiger partial charge in [0.25, 0.3) is 0 Å². The van der Waals surface area contributed by atoms with Crippen LogP contribution in [0.25, 0.3) is 0 Å². The molecule has 0 amide bonds. The number of aromatic nitrogens is 1. The van der Waals surface area contributed by atoms with Crippen molar-refractivity contribution in [1.82, 2.24) is 4.98 Å². The van der Waals surface area contributed by atoms with Gasteiger partial charge in [-0.05, 0) is 0 Å². The lowest BCUT2D eigenvalue weighted by Gasteiger charge is -2.10. The molecule has 0 aliphatic heterocycles. The van der Waals surface area contributed by atoms with E-state index in [-0.39, 0.29) is 4.88 Å². The van der Waals surface area contributed by atoms with Gasteiger partial charge in [0.1, 0.15) is 4.88 Å². The molecule has 0 saturated carbocycles. The van der Waals surface area contributed by atoms with E-state index < -0.39 is 5.97 Å². The molecule has 4 nitrogen and oxygen atoms in total. The largest absolute Gasteiger partial charge is 0.477 e. The summed E-state index contributed by atoms with van der Waals surface area (Å²) in [5, 5.41) is 9.24. The van der Waals surface area contributed by atoms with E-state index in [1.807, 2.05) is 0 Å². The van der Waals surface area contributed by atoms with Gasteiger partial charge in [-0.15, -0.1) is 6.42 Å². The molecule has 1 heterocycles. The summed E-state index contributed by atoms with van der Waals surface area (Å²) < 4.78 is 0. The molecule has 0 radical (unpaired) electrons. The molecule has 0 aliphatic carbocycles. The second-order valence-corrected chi connectivity index (χ2v) is 3.38. The molecule has 0 unspecified atom stereocenters. The molecule has 0 atom stereocenters. The standard InChI is InChI=1S/C8H8N2O2S/c1-3-4-10(2)8-9-5-6(13-8)7(11)12/h1,5H,4H2,2H3,(H,11,12). The van der Waals surface area contributed by atoms with Crippen LogP contribution in [0.2, 0.25) is 0 Å². The molecular weight excluding hydrogens is 188 g/mol. The molecule has 68 valence electrons. The molecule has 0 saturated heterocycles. The number of hydrogen-bond acceptors (Lipinski definition) is 4. The highest BCUT2D eigenvalue weighted by atomic mass is 32.1. The Morgan fingerprint density at radius 3 is 3.08 bits per heavy atom. The minimum Gasteiger partial charge on any atom is -0.477 e. The Labute approximate surface area is 79.8 Å². The molecule has 0 aromatic carbocycles. The van der Waals surface area contributed by atoms with Crippen molar-refractivity contribution in [2.75, 3.05) is 18.5 Å². The third-order valence-electron chi connectivity index (χ3n) is 1.36. The Morgan fingerprint density at radius 1 is 1.92 bits per heavy atom. The lowest BCUT2D eigenvalue weighted by atomic mass is 10.6. The van der Waals surface area contributed by atoms with Crippen LogP contribution in [-0.2, 0) is 0 Å². The van der Waals surface area contributed by atoms with Crippen LogP contribution in [0.5, 0.6) is 0 Å². The van der Waals surface area contributed by atoms with Gasteiger partial charge in [0, 0.05) is 7.05 Å². The molecule has 1 N–H and O–H groups in total. The number of aromatic carboxylic acids is 1.